The van der Waals surface area contributed by atoms with E-state index in [-0.39, 0.29) is 0 Å². The van der Waals surface area contributed by atoms with Gasteiger partial charge in [0.05, 0.1) is 0 Å². The third-order valence-electron chi connectivity index (χ3n) is 1.06. The van der Waals surface area contributed by atoms with E-state index in [2.05, 4.69) is 15.3 Å². The zero-order valence-electron chi connectivity index (χ0n) is 5.19. The minimum Gasteiger partial charge on any atom is -0.106 e. The van der Waals surface area contributed by atoms with Crippen LogP contribution in [0.25, 0.3) is 0 Å². The van der Waals surface area contributed by atoms with Crippen molar-refractivity contribution in [2.24, 2.45) is 0 Å². The standard InChI is InChI=1S/C7H8ClP/c1-5-2-6(8)4-7(9)3-5/h2-4H,9H2,1H3. The van der Waals surface area contributed by atoms with Crippen molar-refractivity contribution in [3.05, 3.63) is 28.8 Å². The minimum atomic E-state index is 0.806. The molecule has 0 aliphatic heterocycles. The largest absolute Gasteiger partial charge is 0.106 e. The fraction of sp³-hybridized carbons (Fsp3) is 0.143. The van der Waals surface area contributed by atoms with E-state index in [0.29, 0.717) is 0 Å². The molecule has 0 N–H and O–H groups in total. The highest BCUT2D eigenvalue weighted by molar-refractivity contribution is 7.27. The summed E-state index contributed by atoms with van der Waals surface area (Å²) in [6, 6.07) is 5.92. The van der Waals surface area contributed by atoms with Crippen LogP contribution in [0.15, 0.2) is 18.2 Å². The normalized spacial score (nSPS) is 9.67. The molecule has 2 heteroatoms. The molecule has 1 aromatic rings. The summed E-state index contributed by atoms with van der Waals surface area (Å²) in [5.74, 6) is 0. The fourth-order valence-corrected chi connectivity index (χ4v) is 1.61. The van der Waals surface area contributed by atoms with Crippen molar-refractivity contribution in [1.29, 1.82) is 0 Å². The number of rotatable bonds is 0. The molecule has 0 nitrogen and oxygen atoms in total. The van der Waals surface area contributed by atoms with Crippen LogP contribution in [0.4, 0.5) is 0 Å². The zero-order valence-corrected chi connectivity index (χ0v) is 7.10. The summed E-state index contributed by atoms with van der Waals surface area (Å²) in [7, 11) is 2.61. The highest BCUT2D eigenvalue weighted by Crippen LogP contribution is 2.09. The lowest BCUT2D eigenvalue weighted by Crippen LogP contribution is -1.89. The van der Waals surface area contributed by atoms with Crippen LogP contribution in [0, 0.1) is 6.92 Å². The Morgan fingerprint density at radius 3 is 2.44 bits per heavy atom. The Morgan fingerprint density at radius 1 is 1.33 bits per heavy atom. The van der Waals surface area contributed by atoms with Crippen LogP contribution in [0.5, 0.6) is 0 Å². The molecule has 0 fully saturated rings. The van der Waals surface area contributed by atoms with E-state index in [1.807, 2.05) is 19.1 Å². The molecule has 0 saturated heterocycles. The molecule has 48 valence electrons. The smallest absolute Gasteiger partial charge is 0.0414 e. The summed E-state index contributed by atoms with van der Waals surface area (Å²) in [6.45, 7) is 2.03. The van der Waals surface area contributed by atoms with Crippen molar-refractivity contribution in [3.63, 3.8) is 0 Å². The van der Waals surface area contributed by atoms with Crippen LogP contribution in [-0.4, -0.2) is 0 Å². The van der Waals surface area contributed by atoms with Gasteiger partial charge < -0.3 is 0 Å². The molecule has 9 heavy (non-hydrogen) atoms. The van der Waals surface area contributed by atoms with Gasteiger partial charge in [0.2, 0.25) is 0 Å². The molecular formula is C7H8ClP. The van der Waals surface area contributed by atoms with E-state index in [0.717, 1.165) is 10.3 Å². The molecule has 0 aliphatic carbocycles. The first-order chi connectivity index (χ1) is 4.18. The molecule has 0 amide bonds. The number of halogens is 1. The Hall–Kier alpha value is -0.0600. The van der Waals surface area contributed by atoms with Crippen molar-refractivity contribution in [2.45, 2.75) is 6.92 Å². The predicted octanol–water partition coefficient (Wildman–Crippen LogP) is 2.15. The Balaban J connectivity index is 3.17. The second-order valence-electron chi connectivity index (χ2n) is 2.06. The lowest BCUT2D eigenvalue weighted by Gasteiger charge is -1.95. The molecular weight excluding hydrogens is 151 g/mol. The Morgan fingerprint density at radius 2 is 2.00 bits per heavy atom. The molecule has 1 unspecified atom stereocenters. The van der Waals surface area contributed by atoms with Crippen LogP contribution in [-0.2, 0) is 0 Å². The Kier molecular flexibility index (Phi) is 2.10. The first kappa shape index (κ1) is 7.05. The topological polar surface area (TPSA) is 0 Å². The van der Waals surface area contributed by atoms with Gasteiger partial charge in [-0.25, -0.2) is 0 Å². The van der Waals surface area contributed by atoms with Crippen molar-refractivity contribution in [1.82, 2.24) is 0 Å². The van der Waals surface area contributed by atoms with E-state index >= 15 is 0 Å². The third kappa shape index (κ3) is 1.97. The van der Waals surface area contributed by atoms with Gasteiger partial charge in [-0.05, 0) is 29.9 Å². The number of benzene rings is 1. The molecule has 0 aromatic heterocycles. The van der Waals surface area contributed by atoms with Crippen LogP contribution < -0.4 is 5.30 Å². The van der Waals surface area contributed by atoms with Crippen molar-refractivity contribution in [2.75, 3.05) is 0 Å². The summed E-state index contributed by atoms with van der Waals surface area (Å²) in [4.78, 5) is 0. The summed E-state index contributed by atoms with van der Waals surface area (Å²) in [5, 5.41) is 1.94. The Labute approximate surface area is 62.4 Å². The maximum Gasteiger partial charge on any atom is 0.0414 e. The second kappa shape index (κ2) is 2.68. The van der Waals surface area contributed by atoms with Gasteiger partial charge in [0, 0.05) is 5.02 Å². The SMILES string of the molecule is Cc1cc(P)cc(Cl)c1. The molecule has 0 aliphatic rings. The maximum absolute atomic E-state index is 5.74. The molecule has 1 atom stereocenters. The number of hydrogen-bond donors (Lipinski definition) is 0. The van der Waals surface area contributed by atoms with E-state index < -0.39 is 0 Å². The van der Waals surface area contributed by atoms with Crippen LogP contribution >= 0.6 is 20.8 Å². The molecule has 0 saturated carbocycles. The van der Waals surface area contributed by atoms with Crippen molar-refractivity contribution >= 4 is 26.1 Å². The molecule has 0 spiro atoms. The molecule has 1 rings (SSSR count). The molecule has 0 bridgehead atoms. The fourth-order valence-electron chi connectivity index (χ4n) is 0.765. The van der Waals surface area contributed by atoms with E-state index in [1.54, 1.807) is 0 Å². The Bertz CT molecular complexity index is 170. The van der Waals surface area contributed by atoms with E-state index in [1.165, 1.54) is 5.56 Å². The zero-order chi connectivity index (χ0) is 6.85. The summed E-state index contributed by atoms with van der Waals surface area (Å²) < 4.78 is 0. The lowest BCUT2D eigenvalue weighted by atomic mass is 10.2. The van der Waals surface area contributed by atoms with Gasteiger partial charge in [-0.1, -0.05) is 17.7 Å². The van der Waals surface area contributed by atoms with Gasteiger partial charge in [0.15, 0.2) is 0 Å². The van der Waals surface area contributed by atoms with E-state index in [9.17, 15) is 0 Å². The van der Waals surface area contributed by atoms with Gasteiger partial charge in [-0.15, -0.1) is 9.24 Å². The van der Waals surface area contributed by atoms with Gasteiger partial charge in [-0.3, -0.25) is 0 Å². The number of aryl methyl sites for hydroxylation is 1. The van der Waals surface area contributed by atoms with Crippen LogP contribution in [0.2, 0.25) is 5.02 Å². The maximum atomic E-state index is 5.74. The van der Waals surface area contributed by atoms with Gasteiger partial charge in [0.1, 0.15) is 0 Å². The lowest BCUT2D eigenvalue weighted by molar-refractivity contribution is 1.50. The predicted molar refractivity (Wildman–Crippen MR) is 45.5 cm³/mol. The highest BCUT2D eigenvalue weighted by Gasteiger charge is 1.89. The minimum absolute atomic E-state index is 0.806. The average molecular weight is 159 g/mol. The van der Waals surface area contributed by atoms with Gasteiger partial charge >= 0.3 is 0 Å². The highest BCUT2D eigenvalue weighted by atomic mass is 35.5. The average Bonchev–Trinajstić information content (AvgIpc) is 1.59. The van der Waals surface area contributed by atoms with Crippen molar-refractivity contribution in [3.8, 4) is 0 Å². The number of hydrogen-bond acceptors (Lipinski definition) is 0. The van der Waals surface area contributed by atoms with E-state index in [4.69, 9.17) is 11.6 Å². The monoisotopic (exact) mass is 158 g/mol. The van der Waals surface area contributed by atoms with Gasteiger partial charge in [0.25, 0.3) is 0 Å². The quantitative estimate of drug-likeness (QED) is 0.508. The first-order valence-electron chi connectivity index (χ1n) is 2.71. The summed E-state index contributed by atoms with van der Waals surface area (Å²) in [6.07, 6.45) is 0. The molecule has 1 aromatic carbocycles. The first-order valence-corrected chi connectivity index (χ1v) is 3.67. The van der Waals surface area contributed by atoms with Crippen LogP contribution in [0.3, 0.4) is 0 Å². The second-order valence-corrected chi connectivity index (χ2v) is 3.17. The van der Waals surface area contributed by atoms with Crippen molar-refractivity contribution < 1.29 is 0 Å². The molecule has 0 heterocycles. The third-order valence-corrected chi connectivity index (χ3v) is 1.62. The summed E-state index contributed by atoms with van der Waals surface area (Å²) in [5.41, 5.74) is 1.20. The van der Waals surface area contributed by atoms with Gasteiger partial charge in [-0.2, -0.15) is 0 Å². The van der Waals surface area contributed by atoms with Crippen LogP contribution in [0.1, 0.15) is 5.56 Å². The molecule has 0 radical (unpaired) electrons. The summed E-state index contributed by atoms with van der Waals surface area (Å²) >= 11 is 5.74.